The number of thioether (sulfide) groups is 1. The first-order valence-electron chi connectivity index (χ1n) is 4.65. The smallest absolute Gasteiger partial charge is 0.317 e. The molecule has 0 spiro atoms. The molecule has 1 aromatic heterocycles. The molecule has 1 atom stereocenters. The maximum atomic E-state index is 10.8. The highest BCUT2D eigenvalue weighted by molar-refractivity contribution is 8.00. The summed E-state index contributed by atoms with van der Waals surface area (Å²) in [7, 11) is 0. The first-order chi connectivity index (χ1) is 7.95. The lowest BCUT2D eigenvalue weighted by Gasteiger charge is -2.08. The minimum Gasteiger partial charge on any atom is -0.480 e. The molecule has 0 fully saturated rings. The van der Waals surface area contributed by atoms with Crippen LogP contribution in [0.2, 0.25) is 5.02 Å². The summed E-state index contributed by atoms with van der Waals surface area (Å²) in [5.74, 6) is -1.02. The van der Waals surface area contributed by atoms with Crippen LogP contribution in [-0.4, -0.2) is 26.2 Å². The second-order valence-corrected chi connectivity index (χ2v) is 4.72. The third kappa shape index (κ3) is 3.57. The molecule has 8 heteroatoms. The molecule has 0 saturated heterocycles. The average Bonchev–Trinajstić information content (AvgIpc) is 2.26. The van der Waals surface area contributed by atoms with Gasteiger partial charge in [0, 0.05) is 12.3 Å². The van der Waals surface area contributed by atoms with E-state index in [4.69, 9.17) is 16.7 Å². The lowest BCUT2D eigenvalue weighted by Crippen LogP contribution is -2.15. The van der Waals surface area contributed by atoms with Gasteiger partial charge in [0.2, 0.25) is 0 Å². The molecule has 6 nitrogen and oxygen atoms in total. The van der Waals surface area contributed by atoms with E-state index < -0.39 is 16.1 Å². The number of nitro groups is 1. The van der Waals surface area contributed by atoms with Crippen LogP contribution in [0.3, 0.4) is 0 Å². The van der Waals surface area contributed by atoms with E-state index in [9.17, 15) is 14.9 Å². The second-order valence-electron chi connectivity index (χ2n) is 3.09. The number of pyridine rings is 1. The van der Waals surface area contributed by atoms with Gasteiger partial charge in [-0.1, -0.05) is 30.3 Å². The van der Waals surface area contributed by atoms with Crippen molar-refractivity contribution in [1.82, 2.24) is 4.98 Å². The van der Waals surface area contributed by atoms with Gasteiger partial charge >= 0.3 is 11.7 Å². The molecule has 0 aliphatic carbocycles. The largest absolute Gasteiger partial charge is 0.480 e. The molecular formula is C9H9ClN2O4S. The zero-order valence-corrected chi connectivity index (χ0v) is 10.4. The van der Waals surface area contributed by atoms with E-state index in [0.29, 0.717) is 6.42 Å². The van der Waals surface area contributed by atoms with Gasteiger partial charge in [0.25, 0.3) is 0 Å². The first kappa shape index (κ1) is 13.7. The van der Waals surface area contributed by atoms with E-state index in [1.807, 2.05) is 0 Å². The molecule has 17 heavy (non-hydrogen) atoms. The summed E-state index contributed by atoms with van der Waals surface area (Å²) in [5.41, 5.74) is -0.276. The molecule has 0 radical (unpaired) electrons. The minimum atomic E-state index is -1.02. The summed E-state index contributed by atoms with van der Waals surface area (Å²) < 4.78 is 0. The zero-order chi connectivity index (χ0) is 13.0. The van der Waals surface area contributed by atoms with E-state index >= 15 is 0 Å². The number of carboxylic acids is 1. The minimum absolute atomic E-state index is 0.0636. The third-order valence-corrected chi connectivity index (χ3v) is 3.46. The molecular weight excluding hydrogens is 268 g/mol. The Labute approximate surface area is 106 Å². The second kappa shape index (κ2) is 5.83. The highest BCUT2D eigenvalue weighted by Crippen LogP contribution is 2.32. The van der Waals surface area contributed by atoms with Gasteiger partial charge in [-0.25, -0.2) is 4.98 Å². The molecule has 1 heterocycles. The van der Waals surface area contributed by atoms with Crippen LogP contribution >= 0.6 is 23.4 Å². The van der Waals surface area contributed by atoms with Gasteiger partial charge in [0.05, 0.1) is 9.95 Å². The van der Waals surface area contributed by atoms with Crippen LogP contribution in [0.1, 0.15) is 13.3 Å². The first-order valence-corrected chi connectivity index (χ1v) is 5.90. The van der Waals surface area contributed by atoms with E-state index in [-0.39, 0.29) is 15.7 Å². The van der Waals surface area contributed by atoms with Gasteiger partial charge in [-0.15, -0.1) is 0 Å². The van der Waals surface area contributed by atoms with Crippen LogP contribution in [0.25, 0.3) is 0 Å². The number of carbonyl (C=O) groups is 1. The Bertz CT molecular complexity index is 455. The number of nitrogens with zero attached hydrogens (tertiary/aromatic N) is 2. The highest BCUT2D eigenvalue weighted by Gasteiger charge is 2.23. The maximum absolute atomic E-state index is 10.8. The van der Waals surface area contributed by atoms with Crippen molar-refractivity contribution in [1.29, 1.82) is 0 Å². The summed E-state index contributed by atoms with van der Waals surface area (Å²) in [6, 6.07) is 1.16. The highest BCUT2D eigenvalue weighted by atomic mass is 35.5. The van der Waals surface area contributed by atoms with Crippen molar-refractivity contribution < 1.29 is 14.8 Å². The molecule has 0 bridgehead atoms. The zero-order valence-electron chi connectivity index (χ0n) is 8.79. The predicted molar refractivity (Wildman–Crippen MR) is 63.5 cm³/mol. The van der Waals surface area contributed by atoms with Crippen LogP contribution in [0, 0.1) is 10.1 Å². The third-order valence-electron chi connectivity index (χ3n) is 1.90. The topological polar surface area (TPSA) is 93.3 Å². The molecule has 1 N–H and O–H groups in total. The lowest BCUT2D eigenvalue weighted by molar-refractivity contribution is -0.388. The summed E-state index contributed by atoms with van der Waals surface area (Å²) in [6.45, 7) is 1.69. The van der Waals surface area contributed by atoms with Gasteiger partial charge in [0.1, 0.15) is 5.25 Å². The van der Waals surface area contributed by atoms with E-state index in [0.717, 1.165) is 17.8 Å². The Morgan fingerprint density at radius 3 is 2.88 bits per heavy atom. The van der Waals surface area contributed by atoms with Crippen molar-refractivity contribution in [3.05, 3.63) is 27.4 Å². The Balaban J connectivity index is 3.05. The van der Waals surface area contributed by atoms with Gasteiger partial charge < -0.3 is 5.11 Å². The van der Waals surface area contributed by atoms with Crippen LogP contribution < -0.4 is 0 Å². The summed E-state index contributed by atoms with van der Waals surface area (Å²) in [6.07, 6.45) is 1.60. The van der Waals surface area contributed by atoms with Crippen LogP contribution in [0.15, 0.2) is 17.3 Å². The monoisotopic (exact) mass is 276 g/mol. The SMILES string of the molecule is CCC(Sc1ncc(Cl)cc1[N+](=O)[O-])C(=O)O. The Hall–Kier alpha value is -1.34. The fraction of sp³-hybridized carbons (Fsp3) is 0.333. The predicted octanol–water partition coefficient (Wildman–Crippen LogP) is 2.60. The van der Waals surface area contributed by atoms with Gasteiger partial charge in [0.15, 0.2) is 5.03 Å². The normalized spacial score (nSPS) is 12.1. The van der Waals surface area contributed by atoms with Crippen molar-refractivity contribution in [3.8, 4) is 0 Å². The maximum Gasteiger partial charge on any atom is 0.317 e. The number of halogens is 1. The number of aliphatic carboxylic acids is 1. The summed E-state index contributed by atoms with van der Waals surface area (Å²) in [5, 5.41) is 19.1. The van der Waals surface area contributed by atoms with Crippen molar-refractivity contribution >= 4 is 35.0 Å². The van der Waals surface area contributed by atoms with E-state index in [1.165, 1.54) is 6.20 Å². The summed E-state index contributed by atoms with van der Waals surface area (Å²) in [4.78, 5) is 24.8. The molecule has 1 aromatic rings. The van der Waals surface area contributed by atoms with E-state index in [2.05, 4.69) is 4.98 Å². The van der Waals surface area contributed by atoms with Crippen LogP contribution in [0.5, 0.6) is 0 Å². The molecule has 1 rings (SSSR count). The van der Waals surface area contributed by atoms with Gasteiger partial charge in [-0.05, 0) is 6.42 Å². The van der Waals surface area contributed by atoms with Gasteiger partial charge in [-0.3, -0.25) is 14.9 Å². The quantitative estimate of drug-likeness (QED) is 0.505. The van der Waals surface area contributed by atoms with Crippen molar-refractivity contribution in [2.75, 3.05) is 0 Å². The molecule has 0 aromatic carbocycles. The van der Waals surface area contributed by atoms with Crippen LogP contribution in [0.4, 0.5) is 5.69 Å². The van der Waals surface area contributed by atoms with Gasteiger partial charge in [-0.2, -0.15) is 0 Å². The van der Waals surface area contributed by atoms with Crippen molar-refractivity contribution in [2.24, 2.45) is 0 Å². The average molecular weight is 277 g/mol. The molecule has 0 aliphatic rings. The Morgan fingerprint density at radius 1 is 1.76 bits per heavy atom. The van der Waals surface area contributed by atoms with Crippen molar-refractivity contribution in [2.45, 2.75) is 23.6 Å². The number of hydrogen-bond donors (Lipinski definition) is 1. The molecule has 1 unspecified atom stereocenters. The van der Waals surface area contributed by atoms with Crippen LogP contribution in [-0.2, 0) is 4.79 Å². The standard InChI is InChI=1S/C9H9ClN2O4S/c1-2-7(9(13)14)17-8-6(12(15)16)3-5(10)4-11-8/h3-4,7H,2H2,1H3,(H,13,14). The number of hydrogen-bond acceptors (Lipinski definition) is 5. The Kier molecular flexibility index (Phi) is 4.71. The molecule has 0 aliphatic heterocycles. The fourth-order valence-corrected chi connectivity index (χ4v) is 2.14. The fourth-order valence-electron chi connectivity index (χ4n) is 1.08. The molecule has 0 saturated carbocycles. The Morgan fingerprint density at radius 2 is 2.41 bits per heavy atom. The number of carboxylic acid groups (broad SMARTS) is 1. The van der Waals surface area contributed by atoms with E-state index in [1.54, 1.807) is 6.92 Å². The lowest BCUT2D eigenvalue weighted by atomic mass is 10.3. The number of rotatable bonds is 5. The van der Waals surface area contributed by atoms with Crippen molar-refractivity contribution in [3.63, 3.8) is 0 Å². The molecule has 92 valence electrons. The number of aromatic nitrogens is 1. The summed E-state index contributed by atoms with van der Waals surface area (Å²) >= 11 is 6.45. The molecule has 0 amide bonds.